The zero-order valence-electron chi connectivity index (χ0n) is 12.6. The number of carbonyl (C=O) groups excluding carboxylic acids is 2. The predicted octanol–water partition coefficient (Wildman–Crippen LogP) is 0.134. The van der Waals surface area contributed by atoms with E-state index in [-0.39, 0.29) is 23.8 Å². The van der Waals surface area contributed by atoms with Gasteiger partial charge in [-0.2, -0.15) is 5.10 Å². The Bertz CT molecular complexity index is 574. The van der Waals surface area contributed by atoms with E-state index >= 15 is 0 Å². The largest absolute Gasteiger partial charge is 0.351 e. The van der Waals surface area contributed by atoms with Gasteiger partial charge in [-0.15, -0.1) is 0 Å². The van der Waals surface area contributed by atoms with Crippen LogP contribution in [0.2, 0.25) is 0 Å². The minimum Gasteiger partial charge on any atom is -0.351 e. The van der Waals surface area contributed by atoms with Crippen LogP contribution in [-0.2, 0) is 22.6 Å². The van der Waals surface area contributed by atoms with Crippen LogP contribution >= 0.6 is 0 Å². The van der Waals surface area contributed by atoms with Crippen LogP contribution in [0.15, 0.2) is 19.0 Å². The maximum absolute atomic E-state index is 12.4. The number of aromatic nitrogens is 3. The molecule has 1 aromatic rings. The fourth-order valence-electron chi connectivity index (χ4n) is 3.17. The van der Waals surface area contributed by atoms with Crippen LogP contribution in [0, 0.1) is 5.92 Å². The van der Waals surface area contributed by atoms with Gasteiger partial charge in [-0.3, -0.25) is 9.59 Å². The fourth-order valence-corrected chi connectivity index (χ4v) is 3.17. The summed E-state index contributed by atoms with van der Waals surface area (Å²) in [6, 6.07) is 0.120. The van der Waals surface area contributed by atoms with Gasteiger partial charge in [0.15, 0.2) is 0 Å². The molecule has 3 heterocycles. The van der Waals surface area contributed by atoms with E-state index in [1.807, 2.05) is 4.68 Å². The fraction of sp³-hybridized carbons (Fsp3) is 0.600. The third kappa shape index (κ3) is 3.03. The molecule has 0 radical (unpaired) electrons. The van der Waals surface area contributed by atoms with E-state index in [9.17, 15) is 9.59 Å². The minimum atomic E-state index is -0.0511. The van der Waals surface area contributed by atoms with Crippen LogP contribution in [0.25, 0.3) is 0 Å². The highest BCUT2D eigenvalue weighted by molar-refractivity contribution is 5.87. The van der Waals surface area contributed by atoms with Crippen molar-refractivity contribution in [3.05, 3.63) is 24.8 Å². The minimum absolute atomic E-state index is 0.00833. The van der Waals surface area contributed by atoms with Crippen LogP contribution in [0.4, 0.5) is 0 Å². The molecule has 1 atom stereocenters. The second kappa shape index (κ2) is 6.29. The van der Waals surface area contributed by atoms with Gasteiger partial charge in [0.05, 0.1) is 6.54 Å². The molecule has 3 rings (SSSR count). The Morgan fingerprint density at radius 3 is 2.82 bits per heavy atom. The first-order valence-electron chi connectivity index (χ1n) is 7.75. The summed E-state index contributed by atoms with van der Waals surface area (Å²) in [6.07, 6.45) is 6.07. The van der Waals surface area contributed by atoms with E-state index in [4.69, 9.17) is 0 Å². The number of likely N-dealkylation sites (tertiary alicyclic amines) is 1. The third-order valence-corrected chi connectivity index (χ3v) is 4.50. The molecule has 0 saturated carbocycles. The van der Waals surface area contributed by atoms with Crippen LogP contribution in [0.3, 0.4) is 0 Å². The van der Waals surface area contributed by atoms with Crippen molar-refractivity contribution in [2.24, 2.45) is 5.92 Å². The zero-order chi connectivity index (χ0) is 15.5. The quantitative estimate of drug-likeness (QED) is 0.805. The van der Waals surface area contributed by atoms with E-state index in [1.54, 1.807) is 11.2 Å². The molecule has 0 bridgehead atoms. The van der Waals surface area contributed by atoms with Gasteiger partial charge in [0.1, 0.15) is 12.2 Å². The van der Waals surface area contributed by atoms with Gasteiger partial charge < -0.3 is 10.2 Å². The Kier molecular flexibility index (Phi) is 4.22. The maximum atomic E-state index is 12.4. The molecule has 7 nitrogen and oxygen atoms in total. The summed E-state index contributed by atoms with van der Waals surface area (Å²) in [7, 11) is 0. The molecular weight excluding hydrogens is 282 g/mol. The van der Waals surface area contributed by atoms with Gasteiger partial charge >= 0.3 is 0 Å². The maximum Gasteiger partial charge on any atom is 0.245 e. The first kappa shape index (κ1) is 14.7. The van der Waals surface area contributed by atoms with E-state index in [2.05, 4.69) is 22.0 Å². The number of rotatable bonds is 3. The lowest BCUT2D eigenvalue weighted by Crippen LogP contribution is -2.47. The second-order valence-corrected chi connectivity index (χ2v) is 5.91. The number of fused-ring (bicyclic) bond motifs is 1. The highest BCUT2D eigenvalue weighted by Gasteiger charge is 2.29. The molecule has 2 aliphatic heterocycles. The number of hydrogen-bond acceptors (Lipinski definition) is 4. The Morgan fingerprint density at radius 2 is 2.09 bits per heavy atom. The molecule has 1 unspecified atom stereocenters. The van der Waals surface area contributed by atoms with Gasteiger partial charge in [-0.1, -0.05) is 6.58 Å². The number of aryl methyl sites for hydroxylation is 1. The van der Waals surface area contributed by atoms with Gasteiger partial charge in [-0.25, -0.2) is 9.67 Å². The molecule has 0 aliphatic carbocycles. The number of amides is 2. The first-order chi connectivity index (χ1) is 10.7. The van der Waals surface area contributed by atoms with Gasteiger partial charge in [-0.05, 0) is 25.3 Å². The molecule has 7 heteroatoms. The topological polar surface area (TPSA) is 80.1 Å². The molecule has 0 aromatic carbocycles. The molecule has 1 aromatic heterocycles. The highest BCUT2D eigenvalue weighted by Crippen LogP contribution is 2.19. The summed E-state index contributed by atoms with van der Waals surface area (Å²) in [4.78, 5) is 29.9. The summed E-state index contributed by atoms with van der Waals surface area (Å²) in [5.74, 6) is 1.02. The number of hydrogen-bond donors (Lipinski definition) is 1. The van der Waals surface area contributed by atoms with E-state index in [0.29, 0.717) is 32.5 Å². The standard InChI is InChI=1S/C15H21N5O2/c1-2-14(21)19-7-5-11(6-8-19)15(22)18-12-3-4-13-16-10-17-20(13)9-12/h2,10-12H,1,3-9H2,(H,18,22). The Hall–Kier alpha value is -2.18. The molecule has 1 fully saturated rings. The Balaban J connectivity index is 1.49. The van der Waals surface area contributed by atoms with Crippen molar-refractivity contribution in [3.8, 4) is 0 Å². The predicted molar refractivity (Wildman–Crippen MR) is 79.8 cm³/mol. The Morgan fingerprint density at radius 1 is 1.32 bits per heavy atom. The lowest BCUT2D eigenvalue weighted by atomic mass is 9.95. The van der Waals surface area contributed by atoms with E-state index in [1.165, 1.54) is 6.08 Å². The lowest BCUT2D eigenvalue weighted by Gasteiger charge is -2.32. The third-order valence-electron chi connectivity index (χ3n) is 4.50. The summed E-state index contributed by atoms with van der Waals surface area (Å²) in [5.41, 5.74) is 0. The number of nitrogens with zero attached hydrogens (tertiary/aromatic N) is 4. The molecular formula is C15H21N5O2. The van der Waals surface area contributed by atoms with Crippen molar-refractivity contribution >= 4 is 11.8 Å². The zero-order valence-corrected chi connectivity index (χ0v) is 12.6. The van der Waals surface area contributed by atoms with Crippen molar-refractivity contribution in [1.82, 2.24) is 25.0 Å². The summed E-state index contributed by atoms with van der Waals surface area (Å²) < 4.78 is 1.86. The van der Waals surface area contributed by atoms with Gasteiger partial charge in [0.25, 0.3) is 0 Å². The number of carbonyl (C=O) groups is 2. The van der Waals surface area contributed by atoms with Crippen molar-refractivity contribution in [3.63, 3.8) is 0 Å². The molecule has 118 valence electrons. The molecule has 1 saturated heterocycles. The number of piperidine rings is 1. The average Bonchev–Trinajstić information content (AvgIpc) is 3.02. The van der Waals surface area contributed by atoms with E-state index in [0.717, 1.165) is 18.7 Å². The lowest BCUT2D eigenvalue weighted by molar-refractivity contribution is -0.132. The van der Waals surface area contributed by atoms with Gasteiger partial charge in [0.2, 0.25) is 11.8 Å². The van der Waals surface area contributed by atoms with Crippen molar-refractivity contribution in [2.45, 2.75) is 38.3 Å². The van der Waals surface area contributed by atoms with Crippen LogP contribution in [0.5, 0.6) is 0 Å². The van der Waals surface area contributed by atoms with Crippen molar-refractivity contribution in [1.29, 1.82) is 0 Å². The van der Waals surface area contributed by atoms with Crippen molar-refractivity contribution in [2.75, 3.05) is 13.1 Å². The smallest absolute Gasteiger partial charge is 0.245 e. The summed E-state index contributed by atoms with van der Waals surface area (Å²) >= 11 is 0. The normalized spacial score (nSPS) is 22.0. The second-order valence-electron chi connectivity index (χ2n) is 5.91. The molecule has 0 spiro atoms. The summed E-state index contributed by atoms with van der Waals surface area (Å²) in [6.45, 7) is 5.44. The van der Waals surface area contributed by atoms with Gasteiger partial charge in [0, 0.05) is 31.5 Å². The van der Waals surface area contributed by atoms with Crippen LogP contribution in [-0.4, -0.2) is 50.6 Å². The SMILES string of the molecule is C=CC(=O)N1CCC(C(=O)NC2CCc3ncnn3C2)CC1. The van der Waals surface area contributed by atoms with Crippen molar-refractivity contribution < 1.29 is 9.59 Å². The van der Waals surface area contributed by atoms with Crippen LogP contribution < -0.4 is 5.32 Å². The highest BCUT2D eigenvalue weighted by atomic mass is 16.2. The molecule has 2 amide bonds. The molecule has 2 aliphatic rings. The molecule has 1 N–H and O–H groups in total. The average molecular weight is 303 g/mol. The molecule has 22 heavy (non-hydrogen) atoms. The number of nitrogens with one attached hydrogen (secondary N) is 1. The van der Waals surface area contributed by atoms with E-state index < -0.39 is 0 Å². The summed E-state index contributed by atoms with van der Waals surface area (Å²) in [5, 5.41) is 7.29. The monoisotopic (exact) mass is 303 g/mol. The first-order valence-corrected chi connectivity index (χ1v) is 7.75. The Labute approximate surface area is 129 Å². The van der Waals surface area contributed by atoms with Crippen LogP contribution in [0.1, 0.15) is 25.1 Å².